The Morgan fingerprint density at radius 1 is 0.886 bits per heavy atom. The zero-order valence-electron chi connectivity index (χ0n) is 20.4. The molecule has 2 aromatic carbocycles. The molecular weight excluding hydrogens is 434 g/mol. The highest BCUT2D eigenvalue weighted by atomic mass is 16.5. The van der Waals surface area contributed by atoms with Gasteiger partial charge in [-0.15, -0.1) is 0 Å². The van der Waals surface area contributed by atoms with Gasteiger partial charge in [0.05, 0.1) is 31.1 Å². The first-order valence-corrected chi connectivity index (χ1v) is 12.0. The number of nitrogens with zero attached hydrogens (tertiary/aromatic N) is 5. The molecule has 4 aromatic rings. The summed E-state index contributed by atoms with van der Waals surface area (Å²) in [6.45, 7) is 15.1. The molecule has 0 aliphatic carbocycles. The van der Waals surface area contributed by atoms with E-state index in [1.807, 2.05) is 42.7 Å². The standard InChI is InChI=1S/C29H29N5O/c1-20(2)22-10-13-27(31-18-22)34-16-14-33(15-17-34)26-19-32-28-24(6-5-7-25(28)29(26)35-4)21-8-11-23(30-3)12-9-21/h5-13,18-20H,14-17H2,1-2,4H3. The Labute approximate surface area is 206 Å². The van der Waals surface area contributed by atoms with E-state index in [0.717, 1.165) is 65.5 Å². The van der Waals surface area contributed by atoms with E-state index in [4.69, 9.17) is 21.3 Å². The van der Waals surface area contributed by atoms with Gasteiger partial charge < -0.3 is 14.5 Å². The Hall–Kier alpha value is -4.11. The van der Waals surface area contributed by atoms with Crippen molar-refractivity contribution in [3.05, 3.63) is 84.0 Å². The van der Waals surface area contributed by atoms with E-state index in [-0.39, 0.29) is 0 Å². The predicted molar refractivity (Wildman–Crippen MR) is 143 cm³/mol. The third-order valence-corrected chi connectivity index (χ3v) is 6.72. The Balaban J connectivity index is 1.40. The molecule has 6 heteroatoms. The highest BCUT2D eigenvalue weighted by molar-refractivity contribution is 5.99. The molecule has 0 bridgehead atoms. The number of pyridine rings is 2. The Morgan fingerprint density at radius 2 is 1.63 bits per heavy atom. The summed E-state index contributed by atoms with van der Waals surface area (Å²) in [5.74, 6) is 2.37. The first kappa shape index (κ1) is 22.7. The van der Waals surface area contributed by atoms with E-state index in [0.29, 0.717) is 11.6 Å². The van der Waals surface area contributed by atoms with Crippen molar-refractivity contribution in [2.45, 2.75) is 19.8 Å². The number of piperazine rings is 1. The van der Waals surface area contributed by atoms with Crippen LogP contribution in [0.1, 0.15) is 25.3 Å². The normalized spacial score (nSPS) is 13.8. The van der Waals surface area contributed by atoms with Crippen molar-refractivity contribution in [3.63, 3.8) is 0 Å². The minimum Gasteiger partial charge on any atom is -0.494 e. The van der Waals surface area contributed by atoms with Crippen LogP contribution in [-0.2, 0) is 0 Å². The van der Waals surface area contributed by atoms with Crippen molar-refractivity contribution in [1.82, 2.24) is 9.97 Å². The molecule has 5 rings (SSSR count). The van der Waals surface area contributed by atoms with Crippen LogP contribution in [0.3, 0.4) is 0 Å². The lowest BCUT2D eigenvalue weighted by Crippen LogP contribution is -2.47. The topological polar surface area (TPSA) is 45.9 Å². The summed E-state index contributed by atoms with van der Waals surface area (Å²) >= 11 is 0. The Kier molecular flexibility index (Phi) is 6.24. The largest absolute Gasteiger partial charge is 0.494 e. The maximum absolute atomic E-state index is 7.19. The third-order valence-electron chi connectivity index (χ3n) is 6.72. The maximum atomic E-state index is 7.19. The van der Waals surface area contributed by atoms with Gasteiger partial charge in [-0.25, -0.2) is 9.83 Å². The minimum atomic E-state index is 0.486. The summed E-state index contributed by atoms with van der Waals surface area (Å²) in [4.78, 5) is 17.8. The van der Waals surface area contributed by atoms with Crippen LogP contribution in [0.4, 0.5) is 17.2 Å². The van der Waals surface area contributed by atoms with Crippen molar-refractivity contribution in [2.24, 2.45) is 0 Å². The number of aromatic nitrogens is 2. The van der Waals surface area contributed by atoms with Gasteiger partial charge in [0.1, 0.15) is 5.82 Å². The van der Waals surface area contributed by atoms with E-state index in [2.05, 4.69) is 52.8 Å². The number of benzene rings is 2. The van der Waals surface area contributed by atoms with Gasteiger partial charge in [0.15, 0.2) is 11.4 Å². The van der Waals surface area contributed by atoms with Gasteiger partial charge in [0, 0.05) is 43.3 Å². The number of fused-ring (bicyclic) bond motifs is 1. The van der Waals surface area contributed by atoms with Crippen LogP contribution in [0.25, 0.3) is 26.9 Å². The number of ether oxygens (including phenoxy) is 1. The summed E-state index contributed by atoms with van der Waals surface area (Å²) in [5, 5.41) is 0.991. The second kappa shape index (κ2) is 9.63. The molecular formula is C29H29N5O. The smallest absolute Gasteiger partial charge is 0.187 e. The SMILES string of the molecule is [C-]#[N+]c1ccc(-c2cccc3c(OC)c(N4CCN(c5ccc(C(C)C)cn5)CC4)cnc23)cc1. The second-order valence-electron chi connectivity index (χ2n) is 9.12. The van der Waals surface area contributed by atoms with Crippen molar-refractivity contribution in [2.75, 3.05) is 43.1 Å². The zero-order chi connectivity index (χ0) is 24.4. The summed E-state index contributed by atoms with van der Waals surface area (Å²) < 4.78 is 5.94. The Bertz CT molecular complexity index is 1370. The number of hydrogen-bond acceptors (Lipinski definition) is 5. The van der Waals surface area contributed by atoms with Crippen molar-refractivity contribution in [1.29, 1.82) is 0 Å². The molecule has 0 N–H and O–H groups in total. The first-order chi connectivity index (χ1) is 17.1. The highest BCUT2D eigenvalue weighted by Gasteiger charge is 2.23. The van der Waals surface area contributed by atoms with E-state index in [9.17, 15) is 0 Å². The van der Waals surface area contributed by atoms with Gasteiger partial charge in [0.2, 0.25) is 0 Å². The number of para-hydroxylation sites is 1. The molecule has 0 atom stereocenters. The van der Waals surface area contributed by atoms with Crippen molar-refractivity contribution in [3.8, 4) is 16.9 Å². The molecule has 1 fully saturated rings. The van der Waals surface area contributed by atoms with Crippen LogP contribution in [0.5, 0.6) is 5.75 Å². The van der Waals surface area contributed by atoms with E-state index in [1.54, 1.807) is 7.11 Å². The van der Waals surface area contributed by atoms with Crippen LogP contribution in [-0.4, -0.2) is 43.3 Å². The van der Waals surface area contributed by atoms with Gasteiger partial charge in [-0.05, 0) is 29.2 Å². The van der Waals surface area contributed by atoms with E-state index < -0.39 is 0 Å². The molecule has 0 radical (unpaired) electrons. The van der Waals surface area contributed by atoms with Crippen LogP contribution in [0.15, 0.2) is 67.0 Å². The van der Waals surface area contributed by atoms with Gasteiger partial charge in [-0.3, -0.25) is 4.98 Å². The van der Waals surface area contributed by atoms with Gasteiger partial charge in [-0.2, -0.15) is 0 Å². The highest BCUT2D eigenvalue weighted by Crippen LogP contribution is 2.39. The van der Waals surface area contributed by atoms with Crippen LogP contribution >= 0.6 is 0 Å². The lowest BCUT2D eigenvalue weighted by molar-refractivity contribution is 0.418. The molecule has 1 aliphatic heterocycles. The molecule has 1 aliphatic rings. The fourth-order valence-corrected chi connectivity index (χ4v) is 4.68. The minimum absolute atomic E-state index is 0.486. The fourth-order valence-electron chi connectivity index (χ4n) is 4.68. The number of hydrogen-bond donors (Lipinski definition) is 0. The molecule has 0 spiro atoms. The summed E-state index contributed by atoms with van der Waals surface area (Å²) in [6, 6.07) is 18.1. The summed E-state index contributed by atoms with van der Waals surface area (Å²) in [7, 11) is 1.73. The molecule has 0 unspecified atom stereocenters. The van der Waals surface area contributed by atoms with Crippen LogP contribution < -0.4 is 14.5 Å². The van der Waals surface area contributed by atoms with Gasteiger partial charge in [0.25, 0.3) is 0 Å². The monoisotopic (exact) mass is 463 g/mol. The van der Waals surface area contributed by atoms with Gasteiger partial charge in [-0.1, -0.05) is 56.3 Å². The third kappa shape index (κ3) is 4.38. The van der Waals surface area contributed by atoms with Crippen molar-refractivity contribution < 1.29 is 4.74 Å². The first-order valence-electron chi connectivity index (χ1n) is 12.0. The summed E-state index contributed by atoms with van der Waals surface area (Å²) in [5.41, 5.74) is 5.88. The van der Waals surface area contributed by atoms with Gasteiger partial charge >= 0.3 is 0 Å². The maximum Gasteiger partial charge on any atom is 0.187 e. The molecule has 35 heavy (non-hydrogen) atoms. The zero-order valence-corrected chi connectivity index (χ0v) is 20.4. The lowest BCUT2D eigenvalue weighted by Gasteiger charge is -2.37. The Morgan fingerprint density at radius 3 is 2.26 bits per heavy atom. The number of anilines is 2. The summed E-state index contributed by atoms with van der Waals surface area (Å²) in [6.07, 6.45) is 3.93. The molecule has 2 aromatic heterocycles. The van der Waals surface area contributed by atoms with E-state index in [1.165, 1.54) is 5.56 Å². The predicted octanol–water partition coefficient (Wildman–Crippen LogP) is 6.31. The number of methoxy groups -OCH3 is 1. The average molecular weight is 464 g/mol. The molecule has 1 saturated heterocycles. The molecule has 176 valence electrons. The second-order valence-corrected chi connectivity index (χ2v) is 9.12. The number of rotatable bonds is 5. The van der Waals surface area contributed by atoms with Crippen molar-refractivity contribution >= 4 is 28.1 Å². The quantitative estimate of drug-likeness (QED) is 0.325. The molecule has 0 saturated carbocycles. The molecule has 6 nitrogen and oxygen atoms in total. The fraction of sp³-hybridized carbons (Fsp3) is 0.276. The van der Waals surface area contributed by atoms with Crippen LogP contribution in [0.2, 0.25) is 0 Å². The van der Waals surface area contributed by atoms with Crippen LogP contribution in [0, 0.1) is 6.57 Å². The molecule has 3 heterocycles. The van der Waals surface area contributed by atoms with E-state index >= 15 is 0 Å². The average Bonchev–Trinajstić information content (AvgIpc) is 2.92. The lowest BCUT2D eigenvalue weighted by atomic mass is 10.0. The molecule has 0 amide bonds.